The molecule has 1 unspecified atom stereocenters. The van der Waals surface area contributed by atoms with Crippen LogP contribution in [0.4, 0.5) is 5.82 Å². The quantitative estimate of drug-likeness (QED) is 0.501. The number of hydrogen-bond donors (Lipinski definition) is 3. The number of hydrogen-bond acceptors (Lipinski definition) is 9. The van der Waals surface area contributed by atoms with Gasteiger partial charge in [-0.3, -0.25) is 18.4 Å². The number of rotatable bonds is 7. The lowest BCUT2D eigenvalue weighted by molar-refractivity contribution is -0.143. The highest BCUT2D eigenvalue weighted by Crippen LogP contribution is 2.61. The highest BCUT2D eigenvalue weighted by atomic mass is 31.2. The van der Waals surface area contributed by atoms with E-state index in [0.717, 1.165) is 4.57 Å². The molecule has 1 aromatic heterocycles. The second-order valence-electron chi connectivity index (χ2n) is 7.48. The Hall–Kier alpha value is -1.82. The molecule has 168 valence electrons. The van der Waals surface area contributed by atoms with Gasteiger partial charge >= 0.3 is 19.4 Å². The van der Waals surface area contributed by atoms with Crippen molar-refractivity contribution in [3.63, 3.8) is 0 Å². The number of anilines is 1. The van der Waals surface area contributed by atoms with Crippen LogP contribution in [0.5, 0.6) is 0 Å². The van der Waals surface area contributed by atoms with Gasteiger partial charge in [0.25, 0.3) is 0 Å². The number of nitrogens with two attached hydrogens (primary N) is 1. The first-order valence-electron chi connectivity index (χ1n) is 9.70. The highest BCUT2D eigenvalue weighted by Gasteiger charge is 2.61. The van der Waals surface area contributed by atoms with Crippen molar-refractivity contribution in [2.75, 3.05) is 18.9 Å². The second-order valence-corrected chi connectivity index (χ2v) is 9.40. The molecular weight excluding hydrogens is 419 g/mol. The molecule has 0 spiro atoms. The Labute approximate surface area is 173 Å². The van der Waals surface area contributed by atoms with Crippen molar-refractivity contribution >= 4 is 19.5 Å². The van der Waals surface area contributed by atoms with E-state index in [4.69, 9.17) is 19.5 Å². The number of carboxylic acid groups (broad SMARTS) is 1. The van der Waals surface area contributed by atoms with Crippen LogP contribution in [-0.4, -0.2) is 67.4 Å². The van der Waals surface area contributed by atoms with Crippen LogP contribution in [0, 0.1) is 0 Å². The van der Waals surface area contributed by atoms with E-state index in [0.29, 0.717) is 6.42 Å². The Morgan fingerprint density at radius 2 is 2.23 bits per heavy atom. The van der Waals surface area contributed by atoms with Crippen LogP contribution in [0.25, 0.3) is 0 Å². The lowest BCUT2D eigenvalue weighted by atomic mass is 9.96. The summed E-state index contributed by atoms with van der Waals surface area (Å²) in [6.07, 6.45) is -1.02. The zero-order valence-corrected chi connectivity index (χ0v) is 17.9. The maximum Gasteiger partial charge on any atom is 0.409 e. The summed E-state index contributed by atoms with van der Waals surface area (Å²) in [6, 6.07) is 0.306. The Balaban J connectivity index is 1.91. The van der Waals surface area contributed by atoms with Crippen LogP contribution in [-0.2, 0) is 23.1 Å². The van der Waals surface area contributed by atoms with Crippen molar-refractivity contribution in [2.24, 2.45) is 0 Å². The number of likely N-dealkylation sites (N-methyl/N-ethyl adjacent to an activating group) is 1. The minimum absolute atomic E-state index is 0.0182. The number of aromatic nitrogens is 2. The molecule has 0 aromatic carbocycles. The van der Waals surface area contributed by atoms with Crippen LogP contribution in [0.15, 0.2) is 17.1 Å². The van der Waals surface area contributed by atoms with E-state index >= 15 is 0 Å². The molecule has 0 amide bonds. The third kappa shape index (κ3) is 3.91. The maximum atomic E-state index is 13.5. The van der Waals surface area contributed by atoms with Gasteiger partial charge in [-0.25, -0.2) is 9.36 Å². The summed E-state index contributed by atoms with van der Waals surface area (Å²) in [7, 11) is -4.06. The summed E-state index contributed by atoms with van der Waals surface area (Å²) in [5, 5.41) is 20.7. The molecular formula is C17H27N4O8P. The molecule has 0 aliphatic carbocycles. The average molecular weight is 446 g/mol. The first-order chi connectivity index (χ1) is 14.0. The molecule has 2 fully saturated rings. The van der Waals surface area contributed by atoms with Crippen molar-refractivity contribution in [1.82, 2.24) is 14.2 Å². The SMILES string of the molecule is CCC[C@@H](C(=O)O)N(CC)P1(=O)OC[C@H]2O[C@@H](n3ccc(N)nc3=O)[C@](C)(O)[C@@H]2O1. The summed E-state index contributed by atoms with van der Waals surface area (Å²) in [5.41, 5.74) is 3.00. The summed E-state index contributed by atoms with van der Waals surface area (Å²) >= 11 is 0. The molecule has 12 nitrogen and oxygen atoms in total. The Morgan fingerprint density at radius 1 is 1.53 bits per heavy atom. The van der Waals surface area contributed by atoms with Crippen molar-refractivity contribution in [1.29, 1.82) is 0 Å². The lowest BCUT2D eigenvalue weighted by Crippen LogP contribution is -2.51. The minimum Gasteiger partial charge on any atom is -0.480 e. The average Bonchev–Trinajstić information content (AvgIpc) is 2.92. The van der Waals surface area contributed by atoms with Crippen LogP contribution < -0.4 is 11.4 Å². The van der Waals surface area contributed by atoms with Crippen molar-refractivity contribution < 1.29 is 33.4 Å². The summed E-state index contributed by atoms with van der Waals surface area (Å²) in [4.78, 5) is 27.6. The number of nitrogen functional groups attached to an aromatic ring is 1. The van der Waals surface area contributed by atoms with Gasteiger partial charge in [0.15, 0.2) is 6.23 Å². The fourth-order valence-corrected chi connectivity index (χ4v) is 6.06. The number of aliphatic carboxylic acids is 1. The second kappa shape index (κ2) is 8.37. The summed E-state index contributed by atoms with van der Waals surface area (Å²) in [5.74, 6) is -1.13. The molecule has 4 N–H and O–H groups in total. The molecule has 1 aromatic rings. The lowest BCUT2D eigenvalue weighted by Gasteiger charge is -2.41. The zero-order chi connectivity index (χ0) is 22.3. The minimum atomic E-state index is -4.06. The molecule has 2 saturated heterocycles. The van der Waals surface area contributed by atoms with E-state index in [1.165, 1.54) is 23.9 Å². The molecule has 2 aliphatic heterocycles. The van der Waals surface area contributed by atoms with E-state index in [2.05, 4.69) is 4.98 Å². The van der Waals surface area contributed by atoms with Crippen LogP contribution >= 0.6 is 7.75 Å². The van der Waals surface area contributed by atoms with Gasteiger partial charge in [0.1, 0.15) is 29.7 Å². The standard InChI is InChI=1S/C17H27N4O8P/c1-4-6-10(14(22)23)21(5-2)30(26)27-9-11-13(29-30)17(3,25)15(28-11)20-8-7-12(18)19-16(20)24/h7-8,10-11,13,15,25H,4-6,9H2,1-3H3,(H,22,23)(H2,18,19,24)/t10-,11+,13+,15+,17+,30?/m0/s1. The van der Waals surface area contributed by atoms with Gasteiger partial charge < -0.3 is 20.7 Å². The number of fused-ring (bicyclic) bond motifs is 1. The zero-order valence-electron chi connectivity index (χ0n) is 17.0. The van der Waals surface area contributed by atoms with Gasteiger partial charge in [0.05, 0.1) is 6.61 Å². The number of carbonyl (C=O) groups is 1. The van der Waals surface area contributed by atoms with Crippen LogP contribution in [0.2, 0.25) is 0 Å². The molecule has 30 heavy (non-hydrogen) atoms. The summed E-state index contributed by atoms with van der Waals surface area (Å²) in [6.45, 7) is 4.74. The van der Waals surface area contributed by atoms with Gasteiger partial charge in [-0.1, -0.05) is 20.3 Å². The fourth-order valence-electron chi connectivity index (χ4n) is 3.86. The predicted molar refractivity (Wildman–Crippen MR) is 105 cm³/mol. The van der Waals surface area contributed by atoms with E-state index in [-0.39, 0.29) is 25.4 Å². The largest absolute Gasteiger partial charge is 0.480 e. The number of nitrogens with zero attached hydrogens (tertiary/aromatic N) is 3. The highest BCUT2D eigenvalue weighted by molar-refractivity contribution is 7.51. The maximum absolute atomic E-state index is 13.5. The number of carboxylic acids is 1. The van der Waals surface area contributed by atoms with Crippen molar-refractivity contribution in [3.05, 3.63) is 22.7 Å². The topological polar surface area (TPSA) is 166 Å². The predicted octanol–water partition coefficient (Wildman–Crippen LogP) is 0.573. The third-order valence-electron chi connectivity index (χ3n) is 5.32. The molecule has 3 heterocycles. The molecule has 2 aliphatic rings. The molecule has 0 bridgehead atoms. The Bertz CT molecular complexity index is 906. The third-order valence-corrected chi connectivity index (χ3v) is 7.48. The van der Waals surface area contributed by atoms with Crippen molar-refractivity contribution in [3.8, 4) is 0 Å². The Morgan fingerprint density at radius 3 is 2.80 bits per heavy atom. The van der Waals surface area contributed by atoms with Gasteiger partial charge in [-0.2, -0.15) is 9.65 Å². The van der Waals surface area contributed by atoms with E-state index in [1.54, 1.807) is 6.92 Å². The van der Waals surface area contributed by atoms with Gasteiger partial charge in [0.2, 0.25) is 0 Å². The first kappa shape index (κ1) is 22.9. The fraction of sp³-hybridized carbons (Fsp3) is 0.706. The smallest absolute Gasteiger partial charge is 0.409 e. The molecule has 6 atom stereocenters. The van der Waals surface area contributed by atoms with Crippen LogP contribution in [0.3, 0.4) is 0 Å². The van der Waals surface area contributed by atoms with Gasteiger partial charge in [-0.15, -0.1) is 0 Å². The molecule has 0 radical (unpaired) electrons. The number of aliphatic hydroxyl groups is 1. The van der Waals surface area contributed by atoms with E-state index in [9.17, 15) is 24.4 Å². The monoisotopic (exact) mass is 446 g/mol. The Kier molecular flexibility index (Phi) is 6.38. The first-order valence-corrected chi connectivity index (χ1v) is 11.2. The van der Waals surface area contributed by atoms with Gasteiger partial charge in [0, 0.05) is 12.7 Å². The number of ether oxygens (including phenoxy) is 1. The normalized spacial score (nSPS) is 34.6. The van der Waals surface area contributed by atoms with Gasteiger partial charge in [-0.05, 0) is 19.4 Å². The summed E-state index contributed by atoms with van der Waals surface area (Å²) < 4.78 is 32.7. The van der Waals surface area contributed by atoms with E-state index in [1.807, 2.05) is 6.92 Å². The van der Waals surface area contributed by atoms with Crippen LogP contribution in [0.1, 0.15) is 39.8 Å². The molecule has 13 heteroatoms. The van der Waals surface area contributed by atoms with E-state index < -0.39 is 49.5 Å². The molecule has 3 rings (SSSR count). The molecule has 0 saturated carbocycles. The van der Waals surface area contributed by atoms with Crippen molar-refractivity contribution in [2.45, 2.75) is 63.7 Å².